The molecule has 94 valence electrons. The molecule has 1 saturated heterocycles. The lowest BCUT2D eigenvalue weighted by Crippen LogP contribution is -2.33. The molecule has 0 aliphatic carbocycles. The number of ether oxygens (including phenoxy) is 1. The Morgan fingerprint density at radius 3 is 2.50 bits per heavy atom. The average molecular weight is 266 g/mol. The third-order valence-electron chi connectivity index (χ3n) is 2.28. The van der Waals surface area contributed by atoms with Crippen LogP contribution in [0.3, 0.4) is 0 Å². The van der Waals surface area contributed by atoms with E-state index in [0.717, 1.165) is 0 Å². The van der Waals surface area contributed by atoms with Crippen LogP contribution in [0.4, 0.5) is 10.5 Å². The van der Waals surface area contributed by atoms with Crippen molar-refractivity contribution in [3.63, 3.8) is 0 Å². The first-order valence-electron chi connectivity index (χ1n) is 5.06. The zero-order valence-corrected chi connectivity index (χ0v) is 10.2. The number of methoxy groups -OCH3 is 1. The van der Waals surface area contributed by atoms with Crippen LogP contribution in [-0.2, 0) is 9.59 Å². The van der Waals surface area contributed by atoms with Crippen LogP contribution in [-0.4, -0.2) is 29.4 Å². The monoisotopic (exact) mass is 266 g/mol. The highest BCUT2D eigenvalue weighted by Crippen LogP contribution is 2.21. The molecular weight excluding hydrogens is 256 g/mol. The van der Waals surface area contributed by atoms with E-state index < -0.39 is 22.3 Å². The van der Waals surface area contributed by atoms with Crippen molar-refractivity contribution in [3.05, 3.63) is 24.3 Å². The van der Waals surface area contributed by atoms with Gasteiger partial charge in [-0.3, -0.25) is 19.7 Å². The molecule has 1 unspecified atom stereocenters. The Bertz CT molecular complexity index is 500. The van der Waals surface area contributed by atoms with Crippen LogP contribution >= 0.6 is 11.8 Å². The number of carbonyl (C=O) groups excluding carboxylic acids is 3. The van der Waals surface area contributed by atoms with Crippen molar-refractivity contribution in [1.29, 1.82) is 0 Å². The highest BCUT2D eigenvalue weighted by Gasteiger charge is 2.37. The van der Waals surface area contributed by atoms with Gasteiger partial charge in [0.15, 0.2) is 5.25 Å². The fourth-order valence-corrected chi connectivity index (χ4v) is 2.12. The minimum atomic E-state index is -1.03. The first-order chi connectivity index (χ1) is 8.60. The van der Waals surface area contributed by atoms with Crippen molar-refractivity contribution in [3.8, 4) is 5.75 Å². The molecule has 0 aromatic heterocycles. The van der Waals surface area contributed by atoms with Gasteiger partial charge in [0.2, 0.25) is 5.91 Å². The van der Waals surface area contributed by atoms with E-state index in [2.05, 4.69) is 10.6 Å². The minimum absolute atomic E-state index is 0.505. The van der Waals surface area contributed by atoms with Crippen molar-refractivity contribution in [2.75, 3.05) is 12.4 Å². The normalized spacial score (nSPS) is 18.4. The summed E-state index contributed by atoms with van der Waals surface area (Å²) >= 11 is 0.672. The van der Waals surface area contributed by atoms with Crippen LogP contribution in [0, 0.1) is 0 Å². The Labute approximate surface area is 107 Å². The van der Waals surface area contributed by atoms with Gasteiger partial charge in [-0.1, -0.05) is 0 Å². The van der Waals surface area contributed by atoms with Crippen molar-refractivity contribution in [2.45, 2.75) is 5.25 Å². The predicted octanol–water partition coefficient (Wildman–Crippen LogP) is 0.985. The quantitative estimate of drug-likeness (QED) is 0.797. The van der Waals surface area contributed by atoms with E-state index in [-0.39, 0.29) is 0 Å². The summed E-state index contributed by atoms with van der Waals surface area (Å²) in [6.45, 7) is 0. The molecule has 1 aliphatic rings. The van der Waals surface area contributed by atoms with Crippen molar-refractivity contribution < 1.29 is 19.1 Å². The number of benzene rings is 1. The number of nitrogens with one attached hydrogen (secondary N) is 2. The number of amides is 3. The first kappa shape index (κ1) is 12.4. The Morgan fingerprint density at radius 1 is 1.33 bits per heavy atom. The third kappa shape index (κ3) is 2.62. The van der Waals surface area contributed by atoms with Gasteiger partial charge in [0.05, 0.1) is 7.11 Å². The summed E-state index contributed by atoms with van der Waals surface area (Å²) in [5.41, 5.74) is 0.536. The molecule has 0 radical (unpaired) electrons. The second-order valence-electron chi connectivity index (χ2n) is 3.49. The molecule has 6 nitrogen and oxygen atoms in total. The summed E-state index contributed by atoms with van der Waals surface area (Å²) < 4.78 is 4.98. The van der Waals surface area contributed by atoms with Gasteiger partial charge in [0.1, 0.15) is 5.75 Å². The number of imide groups is 1. The van der Waals surface area contributed by atoms with E-state index in [1.165, 1.54) is 0 Å². The van der Waals surface area contributed by atoms with Gasteiger partial charge in [-0.25, -0.2) is 0 Å². The first-order valence-corrected chi connectivity index (χ1v) is 5.94. The molecule has 1 aromatic carbocycles. The topological polar surface area (TPSA) is 84.5 Å². The largest absolute Gasteiger partial charge is 0.497 e. The van der Waals surface area contributed by atoms with E-state index >= 15 is 0 Å². The molecule has 2 rings (SSSR count). The number of thioether (sulfide) groups is 1. The minimum Gasteiger partial charge on any atom is -0.497 e. The highest BCUT2D eigenvalue weighted by atomic mass is 32.2. The van der Waals surface area contributed by atoms with Crippen molar-refractivity contribution in [1.82, 2.24) is 5.32 Å². The molecule has 0 saturated carbocycles. The predicted molar refractivity (Wildman–Crippen MR) is 66.5 cm³/mol. The zero-order valence-electron chi connectivity index (χ0n) is 9.43. The van der Waals surface area contributed by atoms with Crippen LogP contribution < -0.4 is 15.4 Å². The van der Waals surface area contributed by atoms with Gasteiger partial charge in [-0.2, -0.15) is 0 Å². The van der Waals surface area contributed by atoms with E-state index in [1.807, 2.05) is 0 Å². The maximum Gasteiger partial charge on any atom is 0.286 e. The maximum absolute atomic E-state index is 11.7. The molecule has 1 aliphatic heterocycles. The number of hydrogen-bond donors (Lipinski definition) is 2. The zero-order chi connectivity index (χ0) is 13.1. The second-order valence-corrected chi connectivity index (χ2v) is 4.57. The molecule has 3 amide bonds. The van der Waals surface area contributed by atoms with E-state index in [1.54, 1.807) is 31.4 Å². The van der Waals surface area contributed by atoms with Crippen LogP contribution in [0.25, 0.3) is 0 Å². The summed E-state index contributed by atoms with van der Waals surface area (Å²) in [7, 11) is 1.54. The number of anilines is 1. The lowest BCUT2D eigenvalue weighted by atomic mass is 10.3. The Kier molecular flexibility index (Phi) is 3.52. The Morgan fingerprint density at radius 2 is 2.00 bits per heavy atom. The SMILES string of the molecule is COc1ccc(NC(=O)C2SC(=O)NC2=O)cc1. The van der Waals surface area contributed by atoms with E-state index in [4.69, 9.17) is 4.74 Å². The number of carbonyl (C=O) groups is 3. The molecule has 2 N–H and O–H groups in total. The Hall–Kier alpha value is -2.02. The lowest BCUT2D eigenvalue weighted by molar-refractivity contribution is -0.124. The van der Waals surface area contributed by atoms with Gasteiger partial charge in [-0.15, -0.1) is 0 Å². The summed E-state index contributed by atoms with van der Waals surface area (Å²) in [5.74, 6) is -0.444. The van der Waals surface area contributed by atoms with Crippen molar-refractivity contribution in [2.24, 2.45) is 0 Å². The van der Waals surface area contributed by atoms with E-state index in [0.29, 0.717) is 23.2 Å². The molecule has 0 spiro atoms. The summed E-state index contributed by atoms with van der Waals surface area (Å²) in [6.07, 6.45) is 0. The molecule has 1 aromatic rings. The molecule has 1 heterocycles. The molecule has 7 heteroatoms. The van der Waals surface area contributed by atoms with Crippen LogP contribution in [0.2, 0.25) is 0 Å². The van der Waals surface area contributed by atoms with Crippen LogP contribution in [0.5, 0.6) is 5.75 Å². The molecule has 0 bridgehead atoms. The second kappa shape index (κ2) is 5.09. The Balaban J connectivity index is 2.02. The maximum atomic E-state index is 11.7. The summed E-state index contributed by atoms with van der Waals surface area (Å²) in [5, 5.41) is 3.08. The summed E-state index contributed by atoms with van der Waals surface area (Å²) in [4.78, 5) is 34.0. The fourth-order valence-electron chi connectivity index (χ4n) is 1.41. The summed E-state index contributed by atoms with van der Waals surface area (Å²) in [6, 6.07) is 6.66. The van der Waals surface area contributed by atoms with Gasteiger partial charge in [-0.05, 0) is 36.0 Å². The molecule has 1 fully saturated rings. The number of rotatable bonds is 3. The average Bonchev–Trinajstić information content (AvgIpc) is 2.69. The standard InChI is InChI=1S/C11H10N2O4S/c1-17-7-4-2-6(3-5-7)12-9(14)8-10(15)13-11(16)18-8/h2-5,8H,1H3,(H,12,14)(H,13,15,16). The van der Waals surface area contributed by atoms with Gasteiger partial charge in [0, 0.05) is 5.69 Å². The van der Waals surface area contributed by atoms with Crippen LogP contribution in [0.15, 0.2) is 24.3 Å². The van der Waals surface area contributed by atoms with Crippen molar-refractivity contribution >= 4 is 34.5 Å². The molecule has 18 heavy (non-hydrogen) atoms. The molecule has 1 atom stereocenters. The number of hydrogen-bond acceptors (Lipinski definition) is 5. The van der Waals surface area contributed by atoms with Gasteiger partial charge in [0.25, 0.3) is 11.1 Å². The van der Waals surface area contributed by atoms with E-state index in [9.17, 15) is 14.4 Å². The smallest absolute Gasteiger partial charge is 0.286 e. The fraction of sp³-hybridized carbons (Fsp3) is 0.182. The molecular formula is C11H10N2O4S. The van der Waals surface area contributed by atoms with Gasteiger partial charge >= 0.3 is 0 Å². The lowest BCUT2D eigenvalue weighted by Gasteiger charge is -2.08. The third-order valence-corrected chi connectivity index (χ3v) is 3.26. The van der Waals surface area contributed by atoms with Gasteiger partial charge < -0.3 is 10.1 Å². The highest BCUT2D eigenvalue weighted by molar-refractivity contribution is 8.16. The van der Waals surface area contributed by atoms with Crippen LogP contribution in [0.1, 0.15) is 0 Å².